The van der Waals surface area contributed by atoms with Crippen molar-refractivity contribution in [2.75, 3.05) is 25.3 Å². The van der Waals surface area contributed by atoms with Crippen molar-refractivity contribution < 1.29 is 22.7 Å². The highest BCUT2D eigenvalue weighted by Crippen LogP contribution is 2.35. The van der Waals surface area contributed by atoms with Gasteiger partial charge in [0.25, 0.3) is 5.91 Å². The van der Waals surface area contributed by atoms with Crippen LogP contribution in [0, 0.1) is 0 Å². The van der Waals surface area contributed by atoms with Crippen molar-refractivity contribution in [1.29, 1.82) is 0 Å². The molecule has 0 spiro atoms. The van der Waals surface area contributed by atoms with Crippen molar-refractivity contribution in [3.05, 3.63) is 46.4 Å². The number of hydrogen-bond donors (Lipinski definition) is 1. The Labute approximate surface area is 155 Å². The molecule has 0 saturated heterocycles. The van der Waals surface area contributed by atoms with Crippen LogP contribution in [-0.2, 0) is 9.84 Å². The number of benzene rings is 2. The van der Waals surface area contributed by atoms with Gasteiger partial charge in [0.05, 0.1) is 24.9 Å². The van der Waals surface area contributed by atoms with Crippen LogP contribution in [0.25, 0.3) is 0 Å². The maximum Gasteiger partial charge on any atom is 0.255 e. The molecule has 0 aromatic heterocycles. The van der Waals surface area contributed by atoms with Crippen molar-refractivity contribution in [2.45, 2.75) is 11.8 Å². The predicted molar refractivity (Wildman–Crippen MR) is 99.4 cm³/mol. The molecule has 6 nitrogen and oxygen atoms in total. The quantitative estimate of drug-likeness (QED) is 0.762. The van der Waals surface area contributed by atoms with Crippen LogP contribution < -0.4 is 14.8 Å². The summed E-state index contributed by atoms with van der Waals surface area (Å²) in [5, 5.41) is 2.72. The van der Waals surface area contributed by atoms with Crippen LogP contribution in [0.3, 0.4) is 0 Å². The van der Waals surface area contributed by atoms with Crippen LogP contribution in [0.2, 0.25) is 0 Å². The number of anilines is 1. The first-order valence-electron chi connectivity index (χ1n) is 7.38. The second-order valence-electron chi connectivity index (χ2n) is 5.08. The highest BCUT2D eigenvalue weighted by atomic mass is 79.9. The van der Waals surface area contributed by atoms with E-state index in [0.29, 0.717) is 27.2 Å². The van der Waals surface area contributed by atoms with Gasteiger partial charge in [0.15, 0.2) is 9.84 Å². The standard InChI is InChI=1S/C17H18BrNO5S/c1-4-25(21,22)13-7-5-12(6-8-13)19-17(20)11-9-14(23-2)16(18)15(10-11)24-3/h5-10H,4H2,1-3H3,(H,19,20). The van der Waals surface area contributed by atoms with E-state index in [2.05, 4.69) is 21.2 Å². The number of amides is 1. The lowest BCUT2D eigenvalue weighted by Gasteiger charge is -2.12. The Bertz CT molecular complexity index is 853. The number of nitrogens with one attached hydrogen (secondary N) is 1. The first-order chi connectivity index (χ1) is 11.8. The highest BCUT2D eigenvalue weighted by molar-refractivity contribution is 9.10. The summed E-state index contributed by atoms with van der Waals surface area (Å²) in [6.07, 6.45) is 0. The number of ether oxygens (including phenoxy) is 2. The minimum Gasteiger partial charge on any atom is -0.495 e. The van der Waals surface area contributed by atoms with E-state index in [1.165, 1.54) is 26.4 Å². The second-order valence-corrected chi connectivity index (χ2v) is 8.15. The average Bonchev–Trinajstić information content (AvgIpc) is 2.62. The Morgan fingerprint density at radius 1 is 1.08 bits per heavy atom. The fourth-order valence-corrected chi connectivity index (χ4v) is 3.55. The normalized spacial score (nSPS) is 11.0. The Morgan fingerprint density at radius 3 is 2.04 bits per heavy atom. The fourth-order valence-electron chi connectivity index (χ4n) is 2.12. The van der Waals surface area contributed by atoms with E-state index in [4.69, 9.17) is 9.47 Å². The minimum absolute atomic E-state index is 0.0250. The summed E-state index contributed by atoms with van der Waals surface area (Å²) in [5.41, 5.74) is 0.836. The Balaban J connectivity index is 2.25. The van der Waals surface area contributed by atoms with Crippen LogP contribution in [0.4, 0.5) is 5.69 Å². The third kappa shape index (κ3) is 4.32. The van der Waals surface area contributed by atoms with Gasteiger partial charge in [-0.25, -0.2) is 8.42 Å². The molecule has 1 N–H and O–H groups in total. The van der Waals surface area contributed by atoms with Gasteiger partial charge in [-0.3, -0.25) is 4.79 Å². The van der Waals surface area contributed by atoms with Gasteiger partial charge >= 0.3 is 0 Å². The van der Waals surface area contributed by atoms with E-state index in [1.54, 1.807) is 31.2 Å². The largest absolute Gasteiger partial charge is 0.495 e. The van der Waals surface area contributed by atoms with Gasteiger partial charge in [-0.2, -0.15) is 0 Å². The van der Waals surface area contributed by atoms with Crippen molar-refractivity contribution >= 4 is 37.4 Å². The monoisotopic (exact) mass is 427 g/mol. The smallest absolute Gasteiger partial charge is 0.255 e. The number of methoxy groups -OCH3 is 2. The van der Waals surface area contributed by atoms with Gasteiger partial charge in [-0.1, -0.05) is 6.92 Å². The molecule has 2 aromatic rings. The van der Waals surface area contributed by atoms with Gasteiger partial charge < -0.3 is 14.8 Å². The zero-order valence-corrected chi connectivity index (χ0v) is 16.4. The number of sulfone groups is 1. The predicted octanol–water partition coefficient (Wildman–Crippen LogP) is 3.51. The van der Waals surface area contributed by atoms with Crippen LogP contribution in [0.15, 0.2) is 45.8 Å². The fraction of sp³-hybridized carbons (Fsp3) is 0.235. The first-order valence-corrected chi connectivity index (χ1v) is 9.82. The lowest BCUT2D eigenvalue weighted by atomic mass is 10.1. The maximum atomic E-state index is 12.4. The molecule has 2 rings (SSSR count). The summed E-state index contributed by atoms with van der Waals surface area (Å²) in [6.45, 7) is 1.58. The molecule has 0 unspecified atom stereocenters. The third-order valence-corrected chi connectivity index (χ3v) is 6.09. The Kier molecular flexibility index (Phi) is 6.07. The number of rotatable bonds is 6. The van der Waals surface area contributed by atoms with Crippen molar-refractivity contribution in [3.8, 4) is 11.5 Å². The van der Waals surface area contributed by atoms with Gasteiger partial charge in [-0.05, 0) is 52.3 Å². The lowest BCUT2D eigenvalue weighted by molar-refractivity contribution is 0.102. The van der Waals surface area contributed by atoms with E-state index < -0.39 is 9.84 Å². The third-order valence-electron chi connectivity index (χ3n) is 3.56. The summed E-state index contributed by atoms with van der Waals surface area (Å²) in [5.74, 6) is 0.593. The summed E-state index contributed by atoms with van der Waals surface area (Å²) >= 11 is 3.35. The Hall–Kier alpha value is -2.06. The molecule has 1 amide bonds. The van der Waals surface area contributed by atoms with Gasteiger partial charge in [0.1, 0.15) is 16.0 Å². The SMILES string of the molecule is CCS(=O)(=O)c1ccc(NC(=O)c2cc(OC)c(Br)c(OC)c2)cc1. The summed E-state index contributed by atoms with van der Waals surface area (Å²) in [7, 11) is -0.281. The van der Waals surface area contributed by atoms with Gasteiger partial charge in [0, 0.05) is 11.3 Å². The van der Waals surface area contributed by atoms with Crippen LogP contribution >= 0.6 is 15.9 Å². The van der Waals surface area contributed by atoms with Crippen LogP contribution in [0.5, 0.6) is 11.5 Å². The van der Waals surface area contributed by atoms with Crippen molar-refractivity contribution in [2.24, 2.45) is 0 Å². The molecule has 0 bridgehead atoms. The lowest BCUT2D eigenvalue weighted by Crippen LogP contribution is -2.12. The van der Waals surface area contributed by atoms with E-state index in [0.717, 1.165) is 0 Å². The molecule has 0 aliphatic rings. The summed E-state index contributed by atoms with van der Waals surface area (Å²) in [6, 6.07) is 9.20. The van der Waals surface area contributed by atoms with Crippen LogP contribution in [-0.4, -0.2) is 34.3 Å². The topological polar surface area (TPSA) is 81.7 Å². The van der Waals surface area contributed by atoms with E-state index in [1.807, 2.05) is 0 Å². The molecule has 0 saturated carbocycles. The second kappa shape index (κ2) is 7.88. The minimum atomic E-state index is -3.27. The molecular formula is C17H18BrNO5S. The summed E-state index contributed by atoms with van der Waals surface area (Å²) < 4.78 is 34.7. The average molecular weight is 428 g/mol. The maximum absolute atomic E-state index is 12.4. The molecule has 0 fully saturated rings. The zero-order valence-electron chi connectivity index (χ0n) is 14.0. The number of halogens is 1. The molecule has 0 atom stereocenters. The molecule has 0 radical (unpaired) electrons. The van der Waals surface area contributed by atoms with Gasteiger partial charge in [-0.15, -0.1) is 0 Å². The molecule has 0 aliphatic carbocycles. The molecule has 25 heavy (non-hydrogen) atoms. The van der Waals surface area contributed by atoms with Crippen molar-refractivity contribution in [1.82, 2.24) is 0 Å². The highest BCUT2D eigenvalue weighted by Gasteiger charge is 2.15. The molecule has 0 heterocycles. The van der Waals surface area contributed by atoms with Crippen molar-refractivity contribution in [3.63, 3.8) is 0 Å². The number of carbonyl (C=O) groups excluding carboxylic acids is 1. The molecule has 0 aliphatic heterocycles. The number of hydrogen-bond acceptors (Lipinski definition) is 5. The summed E-state index contributed by atoms with van der Waals surface area (Å²) in [4.78, 5) is 12.7. The molecule has 134 valence electrons. The molecule has 8 heteroatoms. The van der Waals surface area contributed by atoms with Gasteiger partial charge in [0.2, 0.25) is 0 Å². The number of carbonyl (C=O) groups is 1. The Morgan fingerprint density at radius 2 is 1.60 bits per heavy atom. The van der Waals surface area contributed by atoms with E-state index in [-0.39, 0.29) is 16.6 Å². The van der Waals surface area contributed by atoms with E-state index >= 15 is 0 Å². The zero-order chi connectivity index (χ0) is 18.6. The molecular weight excluding hydrogens is 410 g/mol. The van der Waals surface area contributed by atoms with Crippen LogP contribution in [0.1, 0.15) is 17.3 Å². The van der Waals surface area contributed by atoms with E-state index in [9.17, 15) is 13.2 Å². The molecule has 2 aromatic carbocycles. The first kappa shape index (κ1) is 19.3.